The quantitative estimate of drug-likeness (QED) is 0.681. The molecule has 3 aromatic rings. The molecule has 6 nitrogen and oxygen atoms in total. The number of benzene rings is 1. The van der Waals surface area contributed by atoms with Crippen molar-refractivity contribution in [3.8, 4) is 11.3 Å². The van der Waals surface area contributed by atoms with Gasteiger partial charge in [0.2, 0.25) is 0 Å². The van der Waals surface area contributed by atoms with Crippen LogP contribution in [0.5, 0.6) is 0 Å². The first-order valence-electron chi connectivity index (χ1n) is 9.20. The van der Waals surface area contributed by atoms with E-state index in [1.165, 1.54) is 0 Å². The Bertz CT molecular complexity index is 930. The zero-order chi connectivity index (χ0) is 19.4. The molecule has 2 aromatic heterocycles. The van der Waals surface area contributed by atoms with E-state index >= 15 is 0 Å². The Morgan fingerprint density at radius 3 is 2.59 bits per heavy atom. The molecule has 140 valence electrons. The zero-order valence-electron chi connectivity index (χ0n) is 15.9. The summed E-state index contributed by atoms with van der Waals surface area (Å²) in [7, 11) is 0. The first-order chi connectivity index (χ1) is 13.0. The maximum absolute atomic E-state index is 11.4. The standard InChI is InChI=1S/C21H24N4O2/c1-4-7-19-23-20(14(2)3)24-25(19)13-15-10-11-18(22-12-15)16-8-5-6-9-17(16)21(26)27/h5-6,8-12,14H,4,7,13H2,1-3H3,(H,26,27). The number of aromatic carboxylic acids is 1. The fraction of sp³-hybridized carbons (Fsp3) is 0.333. The molecule has 0 saturated carbocycles. The number of carbonyl (C=O) groups is 1. The highest BCUT2D eigenvalue weighted by atomic mass is 16.4. The van der Waals surface area contributed by atoms with Gasteiger partial charge in [-0.15, -0.1) is 0 Å². The molecule has 0 amide bonds. The Morgan fingerprint density at radius 2 is 1.96 bits per heavy atom. The number of pyridine rings is 1. The van der Waals surface area contributed by atoms with Crippen LogP contribution in [0.2, 0.25) is 0 Å². The lowest BCUT2D eigenvalue weighted by Gasteiger charge is -2.08. The van der Waals surface area contributed by atoms with Gasteiger partial charge in [0.25, 0.3) is 0 Å². The van der Waals surface area contributed by atoms with Crippen LogP contribution >= 0.6 is 0 Å². The van der Waals surface area contributed by atoms with Gasteiger partial charge in [0.05, 0.1) is 17.8 Å². The van der Waals surface area contributed by atoms with Crippen LogP contribution in [0.25, 0.3) is 11.3 Å². The van der Waals surface area contributed by atoms with Crippen LogP contribution in [0.1, 0.15) is 60.7 Å². The summed E-state index contributed by atoms with van der Waals surface area (Å²) in [4.78, 5) is 20.6. The first-order valence-corrected chi connectivity index (χ1v) is 9.20. The normalized spacial score (nSPS) is 11.1. The number of nitrogens with zero attached hydrogens (tertiary/aromatic N) is 4. The fourth-order valence-electron chi connectivity index (χ4n) is 2.92. The molecule has 0 fully saturated rings. The molecule has 3 rings (SSSR count). The van der Waals surface area contributed by atoms with Crippen molar-refractivity contribution in [1.29, 1.82) is 0 Å². The topological polar surface area (TPSA) is 80.9 Å². The molecule has 0 aliphatic rings. The number of aryl methyl sites for hydroxylation is 1. The summed E-state index contributed by atoms with van der Waals surface area (Å²) in [6, 6.07) is 10.7. The van der Waals surface area contributed by atoms with E-state index in [4.69, 9.17) is 0 Å². The van der Waals surface area contributed by atoms with Crippen molar-refractivity contribution in [2.75, 3.05) is 0 Å². The van der Waals surface area contributed by atoms with E-state index in [0.717, 1.165) is 30.1 Å². The summed E-state index contributed by atoms with van der Waals surface area (Å²) in [6.45, 7) is 6.91. The lowest BCUT2D eigenvalue weighted by molar-refractivity contribution is 0.0697. The summed E-state index contributed by atoms with van der Waals surface area (Å²) < 4.78 is 1.95. The first kappa shape index (κ1) is 18.8. The Hall–Kier alpha value is -3.02. The predicted octanol–water partition coefficient (Wildman–Crippen LogP) is 4.16. The molecule has 0 unspecified atom stereocenters. The highest BCUT2D eigenvalue weighted by Crippen LogP contribution is 2.22. The van der Waals surface area contributed by atoms with E-state index in [1.807, 2.05) is 22.9 Å². The Kier molecular flexibility index (Phi) is 5.64. The van der Waals surface area contributed by atoms with Gasteiger partial charge in [-0.1, -0.05) is 45.0 Å². The average Bonchev–Trinajstić information content (AvgIpc) is 3.05. The second kappa shape index (κ2) is 8.12. The molecule has 0 atom stereocenters. The van der Waals surface area contributed by atoms with Crippen LogP contribution in [0.15, 0.2) is 42.6 Å². The second-order valence-electron chi connectivity index (χ2n) is 6.85. The van der Waals surface area contributed by atoms with E-state index in [0.29, 0.717) is 17.8 Å². The van der Waals surface area contributed by atoms with Gasteiger partial charge in [0.15, 0.2) is 5.82 Å². The predicted molar refractivity (Wildman–Crippen MR) is 104 cm³/mol. The molecule has 0 bridgehead atoms. The number of hydrogen-bond acceptors (Lipinski definition) is 4. The smallest absolute Gasteiger partial charge is 0.336 e. The van der Waals surface area contributed by atoms with Gasteiger partial charge in [-0.05, 0) is 24.1 Å². The minimum atomic E-state index is -0.954. The molecule has 0 aliphatic heterocycles. The zero-order valence-corrected chi connectivity index (χ0v) is 15.9. The minimum Gasteiger partial charge on any atom is -0.478 e. The Morgan fingerprint density at radius 1 is 1.19 bits per heavy atom. The molecule has 1 N–H and O–H groups in total. The molecule has 1 aromatic carbocycles. The van der Waals surface area contributed by atoms with Crippen molar-refractivity contribution in [3.05, 3.63) is 65.4 Å². The van der Waals surface area contributed by atoms with E-state index in [-0.39, 0.29) is 11.5 Å². The van der Waals surface area contributed by atoms with Gasteiger partial charge >= 0.3 is 5.97 Å². The summed E-state index contributed by atoms with van der Waals surface area (Å²) in [6.07, 6.45) is 3.68. The van der Waals surface area contributed by atoms with Gasteiger partial charge < -0.3 is 5.11 Å². The average molecular weight is 364 g/mol. The number of rotatable bonds is 7. The number of hydrogen-bond donors (Lipinski definition) is 1. The Balaban J connectivity index is 1.86. The summed E-state index contributed by atoms with van der Waals surface area (Å²) in [5.74, 6) is 1.18. The largest absolute Gasteiger partial charge is 0.478 e. The van der Waals surface area contributed by atoms with Gasteiger partial charge in [-0.2, -0.15) is 5.10 Å². The second-order valence-corrected chi connectivity index (χ2v) is 6.85. The van der Waals surface area contributed by atoms with Crippen molar-refractivity contribution in [1.82, 2.24) is 19.7 Å². The van der Waals surface area contributed by atoms with Crippen molar-refractivity contribution in [3.63, 3.8) is 0 Å². The molecule has 2 heterocycles. The molecular formula is C21H24N4O2. The van der Waals surface area contributed by atoms with Crippen LogP contribution in [0, 0.1) is 0 Å². The molecule has 27 heavy (non-hydrogen) atoms. The molecular weight excluding hydrogens is 340 g/mol. The fourth-order valence-corrected chi connectivity index (χ4v) is 2.92. The van der Waals surface area contributed by atoms with Crippen molar-refractivity contribution >= 4 is 5.97 Å². The summed E-state index contributed by atoms with van der Waals surface area (Å²) >= 11 is 0. The molecule has 0 saturated heterocycles. The molecule has 0 aliphatic carbocycles. The van der Waals surface area contributed by atoms with Gasteiger partial charge in [-0.3, -0.25) is 4.98 Å². The SMILES string of the molecule is CCCc1nc(C(C)C)nn1Cc1ccc(-c2ccccc2C(=O)O)nc1. The summed E-state index contributed by atoms with van der Waals surface area (Å²) in [5.41, 5.74) is 2.52. The number of carboxylic acid groups (broad SMARTS) is 1. The minimum absolute atomic E-state index is 0.251. The van der Waals surface area contributed by atoms with Crippen molar-refractivity contribution < 1.29 is 9.90 Å². The molecule has 0 spiro atoms. The molecule has 0 radical (unpaired) electrons. The van der Waals surface area contributed by atoms with Gasteiger partial charge in [-0.25, -0.2) is 14.5 Å². The van der Waals surface area contributed by atoms with Crippen LogP contribution < -0.4 is 0 Å². The third-order valence-corrected chi connectivity index (χ3v) is 4.35. The van der Waals surface area contributed by atoms with Crippen molar-refractivity contribution in [2.24, 2.45) is 0 Å². The summed E-state index contributed by atoms with van der Waals surface area (Å²) in [5, 5.41) is 14.0. The lowest BCUT2D eigenvalue weighted by atomic mass is 10.0. The highest BCUT2D eigenvalue weighted by Gasteiger charge is 2.14. The van der Waals surface area contributed by atoms with E-state index < -0.39 is 5.97 Å². The maximum Gasteiger partial charge on any atom is 0.336 e. The van der Waals surface area contributed by atoms with Crippen LogP contribution in [-0.2, 0) is 13.0 Å². The van der Waals surface area contributed by atoms with E-state index in [2.05, 4.69) is 35.8 Å². The van der Waals surface area contributed by atoms with E-state index in [1.54, 1.807) is 24.4 Å². The van der Waals surface area contributed by atoms with Crippen LogP contribution in [0.4, 0.5) is 0 Å². The maximum atomic E-state index is 11.4. The number of carboxylic acids is 1. The van der Waals surface area contributed by atoms with Gasteiger partial charge in [0.1, 0.15) is 5.82 Å². The van der Waals surface area contributed by atoms with Crippen molar-refractivity contribution in [2.45, 2.75) is 46.1 Å². The van der Waals surface area contributed by atoms with Crippen LogP contribution in [0.3, 0.4) is 0 Å². The van der Waals surface area contributed by atoms with Gasteiger partial charge in [0, 0.05) is 24.1 Å². The molecule has 6 heteroatoms. The van der Waals surface area contributed by atoms with E-state index in [9.17, 15) is 9.90 Å². The third-order valence-electron chi connectivity index (χ3n) is 4.35. The Labute approximate surface area is 158 Å². The number of aromatic nitrogens is 4. The highest BCUT2D eigenvalue weighted by molar-refractivity contribution is 5.95. The third kappa shape index (κ3) is 4.22. The monoisotopic (exact) mass is 364 g/mol. The van der Waals surface area contributed by atoms with Crippen LogP contribution in [-0.4, -0.2) is 30.8 Å². The lowest BCUT2D eigenvalue weighted by Crippen LogP contribution is -2.07.